The molecular formula is C12H17NO5S. The largest absolute Gasteiger partial charge is 0.466 e. The Morgan fingerprint density at radius 2 is 1.95 bits per heavy atom. The maximum absolute atomic E-state index is 11.5. The lowest BCUT2D eigenvalue weighted by molar-refractivity contribution is -0.142. The van der Waals surface area contributed by atoms with Crippen LogP contribution in [0.15, 0.2) is 30.3 Å². The van der Waals surface area contributed by atoms with Crippen LogP contribution in [0.2, 0.25) is 0 Å². The van der Waals surface area contributed by atoms with Gasteiger partial charge in [-0.2, -0.15) is 0 Å². The molecule has 0 saturated heterocycles. The molecule has 19 heavy (non-hydrogen) atoms. The Kier molecular flexibility index (Phi) is 6.48. The van der Waals surface area contributed by atoms with Crippen LogP contribution in [0.25, 0.3) is 0 Å². The van der Waals surface area contributed by atoms with Gasteiger partial charge in [0.2, 0.25) is 10.0 Å². The second-order valence-electron chi connectivity index (χ2n) is 3.73. The minimum atomic E-state index is -3.64. The Labute approximate surface area is 112 Å². The van der Waals surface area contributed by atoms with Crippen LogP contribution in [0, 0.1) is 0 Å². The summed E-state index contributed by atoms with van der Waals surface area (Å²) in [6.07, 6.45) is -0.197. The van der Waals surface area contributed by atoms with E-state index in [1.807, 2.05) is 35.2 Å². The molecule has 0 saturated carbocycles. The average Bonchev–Trinajstić information content (AvgIpc) is 2.38. The van der Waals surface area contributed by atoms with Crippen molar-refractivity contribution in [3.8, 4) is 0 Å². The highest BCUT2D eigenvalue weighted by atomic mass is 32.2. The first kappa shape index (κ1) is 15.6. The monoisotopic (exact) mass is 287 g/mol. The molecule has 1 aromatic rings. The number of carbonyl (C=O) groups excluding carboxylic acids is 1. The predicted octanol–water partition coefficient (Wildman–Crippen LogP) is 0.991. The SMILES string of the molecule is CCOC(=O)CCS(=O)(=O)NOCc1ccccc1. The van der Waals surface area contributed by atoms with E-state index in [2.05, 4.69) is 4.74 Å². The zero-order valence-electron chi connectivity index (χ0n) is 10.7. The number of benzene rings is 1. The van der Waals surface area contributed by atoms with Crippen LogP contribution >= 0.6 is 0 Å². The van der Waals surface area contributed by atoms with Crippen LogP contribution in [0.4, 0.5) is 0 Å². The Morgan fingerprint density at radius 3 is 2.58 bits per heavy atom. The van der Waals surface area contributed by atoms with E-state index in [-0.39, 0.29) is 25.4 Å². The molecule has 0 aliphatic heterocycles. The lowest BCUT2D eigenvalue weighted by Gasteiger charge is -2.07. The third-order valence-electron chi connectivity index (χ3n) is 2.15. The number of hydrogen-bond acceptors (Lipinski definition) is 5. The van der Waals surface area contributed by atoms with Gasteiger partial charge in [-0.1, -0.05) is 35.2 Å². The van der Waals surface area contributed by atoms with Gasteiger partial charge in [-0.15, -0.1) is 0 Å². The van der Waals surface area contributed by atoms with Crippen LogP contribution in [-0.4, -0.2) is 26.7 Å². The molecule has 0 bridgehead atoms. The van der Waals surface area contributed by atoms with Crippen molar-refractivity contribution in [2.45, 2.75) is 20.0 Å². The van der Waals surface area contributed by atoms with E-state index in [0.717, 1.165) is 5.56 Å². The van der Waals surface area contributed by atoms with Crippen molar-refractivity contribution >= 4 is 16.0 Å². The molecule has 0 amide bonds. The van der Waals surface area contributed by atoms with Crippen molar-refractivity contribution in [2.75, 3.05) is 12.4 Å². The Balaban J connectivity index is 2.29. The zero-order valence-corrected chi connectivity index (χ0v) is 11.5. The standard InChI is InChI=1S/C12H17NO5S/c1-2-17-12(14)8-9-19(15,16)13-18-10-11-6-4-3-5-7-11/h3-7,13H,2,8-10H2,1H3. The van der Waals surface area contributed by atoms with E-state index in [0.29, 0.717) is 0 Å². The lowest BCUT2D eigenvalue weighted by atomic mass is 10.2. The van der Waals surface area contributed by atoms with E-state index >= 15 is 0 Å². The Hall–Kier alpha value is -1.44. The quantitative estimate of drug-likeness (QED) is 0.569. The number of rotatable bonds is 8. The molecule has 0 heterocycles. The molecule has 0 fully saturated rings. The van der Waals surface area contributed by atoms with Gasteiger partial charge < -0.3 is 4.74 Å². The summed E-state index contributed by atoms with van der Waals surface area (Å²) in [6.45, 7) is 2.02. The highest BCUT2D eigenvalue weighted by molar-refractivity contribution is 7.89. The minimum absolute atomic E-state index is 0.124. The Bertz CT molecular complexity index is 486. The van der Waals surface area contributed by atoms with Gasteiger partial charge in [0.15, 0.2) is 0 Å². The molecule has 106 valence electrons. The van der Waals surface area contributed by atoms with Gasteiger partial charge in [-0.3, -0.25) is 9.63 Å². The summed E-state index contributed by atoms with van der Waals surface area (Å²) in [7, 11) is -3.64. The molecule has 1 rings (SSSR count). The number of nitrogens with one attached hydrogen (secondary N) is 1. The first-order valence-electron chi connectivity index (χ1n) is 5.84. The van der Waals surface area contributed by atoms with Gasteiger partial charge in [0.25, 0.3) is 0 Å². The lowest BCUT2D eigenvalue weighted by Crippen LogP contribution is -2.28. The fraction of sp³-hybridized carbons (Fsp3) is 0.417. The second-order valence-corrected chi connectivity index (χ2v) is 5.54. The summed E-state index contributed by atoms with van der Waals surface area (Å²) in [5.41, 5.74) is 0.843. The molecule has 0 spiro atoms. The van der Waals surface area contributed by atoms with E-state index in [9.17, 15) is 13.2 Å². The zero-order chi connectivity index (χ0) is 14.1. The van der Waals surface area contributed by atoms with Gasteiger partial charge in [-0.25, -0.2) is 8.42 Å². The van der Waals surface area contributed by atoms with Crippen molar-refractivity contribution in [3.05, 3.63) is 35.9 Å². The van der Waals surface area contributed by atoms with Crippen molar-refractivity contribution in [2.24, 2.45) is 0 Å². The van der Waals surface area contributed by atoms with Crippen LogP contribution in [0.5, 0.6) is 0 Å². The molecule has 0 aliphatic rings. The Morgan fingerprint density at radius 1 is 1.26 bits per heavy atom. The van der Waals surface area contributed by atoms with E-state index in [4.69, 9.17) is 4.84 Å². The number of hydrogen-bond donors (Lipinski definition) is 1. The van der Waals surface area contributed by atoms with Gasteiger partial charge in [0.1, 0.15) is 0 Å². The molecule has 0 unspecified atom stereocenters. The first-order valence-corrected chi connectivity index (χ1v) is 7.49. The van der Waals surface area contributed by atoms with Gasteiger partial charge in [0, 0.05) is 0 Å². The summed E-state index contributed by atoms with van der Waals surface area (Å²) < 4.78 is 27.6. The summed E-state index contributed by atoms with van der Waals surface area (Å²) in [4.78, 5) is 17.9. The molecule has 0 aliphatic carbocycles. The molecule has 1 N–H and O–H groups in total. The molecular weight excluding hydrogens is 270 g/mol. The molecule has 0 radical (unpaired) electrons. The number of esters is 1. The third-order valence-corrected chi connectivity index (χ3v) is 3.26. The second kappa shape index (κ2) is 7.88. The van der Waals surface area contributed by atoms with E-state index in [1.165, 1.54) is 0 Å². The fourth-order valence-electron chi connectivity index (χ4n) is 1.27. The van der Waals surface area contributed by atoms with E-state index < -0.39 is 16.0 Å². The van der Waals surface area contributed by atoms with Crippen molar-refractivity contribution in [1.29, 1.82) is 0 Å². The highest BCUT2D eigenvalue weighted by Crippen LogP contribution is 2.00. The van der Waals surface area contributed by atoms with Crippen LogP contribution in [-0.2, 0) is 31.0 Å². The summed E-state index contributed by atoms with van der Waals surface area (Å²) >= 11 is 0. The van der Waals surface area contributed by atoms with Crippen molar-refractivity contribution in [3.63, 3.8) is 0 Å². The van der Waals surface area contributed by atoms with Crippen molar-refractivity contribution in [1.82, 2.24) is 4.89 Å². The number of carbonyl (C=O) groups is 1. The first-order chi connectivity index (χ1) is 9.03. The van der Waals surface area contributed by atoms with Crippen molar-refractivity contribution < 1.29 is 22.8 Å². The van der Waals surface area contributed by atoms with Crippen LogP contribution in [0.3, 0.4) is 0 Å². The summed E-state index contributed by atoms with van der Waals surface area (Å²) in [5.74, 6) is -0.906. The highest BCUT2D eigenvalue weighted by Gasteiger charge is 2.13. The van der Waals surface area contributed by atoms with Gasteiger partial charge in [0.05, 0.1) is 25.4 Å². The minimum Gasteiger partial charge on any atom is -0.466 e. The normalized spacial score (nSPS) is 11.2. The van der Waals surface area contributed by atoms with E-state index in [1.54, 1.807) is 6.92 Å². The average molecular weight is 287 g/mol. The topological polar surface area (TPSA) is 81.7 Å². The third kappa shape index (κ3) is 6.90. The molecule has 6 nitrogen and oxygen atoms in total. The van der Waals surface area contributed by atoms with Crippen LogP contribution < -0.4 is 4.89 Å². The fourth-order valence-corrected chi connectivity index (χ4v) is 2.03. The number of ether oxygens (including phenoxy) is 1. The maximum Gasteiger partial charge on any atom is 0.306 e. The maximum atomic E-state index is 11.5. The molecule has 0 aromatic heterocycles. The summed E-state index contributed by atoms with van der Waals surface area (Å²) in [6, 6.07) is 9.13. The van der Waals surface area contributed by atoms with Gasteiger partial charge >= 0.3 is 5.97 Å². The molecule has 1 aromatic carbocycles. The smallest absolute Gasteiger partial charge is 0.306 e. The summed E-state index contributed by atoms with van der Waals surface area (Å²) in [5, 5.41) is 0. The van der Waals surface area contributed by atoms with Crippen LogP contribution in [0.1, 0.15) is 18.9 Å². The number of sulfonamides is 1. The van der Waals surface area contributed by atoms with Gasteiger partial charge in [-0.05, 0) is 12.5 Å². The predicted molar refractivity (Wildman–Crippen MR) is 69.4 cm³/mol. The molecule has 7 heteroatoms. The molecule has 0 atom stereocenters.